The first-order chi connectivity index (χ1) is 10.9. The SMILES string of the molecule is CC[C@@H](C(=O)NCCn1ccc(C(F)(F)F)n1)c1ccccc1. The van der Waals surface area contributed by atoms with Gasteiger partial charge in [-0.2, -0.15) is 18.3 Å². The van der Waals surface area contributed by atoms with E-state index < -0.39 is 11.9 Å². The Balaban J connectivity index is 1.88. The Morgan fingerprint density at radius 2 is 1.96 bits per heavy atom. The van der Waals surface area contributed by atoms with Gasteiger partial charge in [0.05, 0.1) is 12.5 Å². The molecule has 1 amide bonds. The summed E-state index contributed by atoms with van der Waals surface area (Å²) >= 11 is 0. The van der Waals surface area contributed by atoms with Gasteiger partial charge >= 0.3 is 6.18 Å². The van der Waals surface area contributed by atoms with E-state index >= 15 is 0 Å². The van der Waals surface area contributed by atoms with E-state index in [0.29, 0.717) is 6.42 Å². The fraction of sp³-hybridized carbons (Fsp3) is 0.375. The molecule has 1 atom stereocenters. The van der Waals surface area contributed by atoms with E-state index in [9.17, 15) is 18.0 Å². The molecule has 0 spiro atoms. The van der Waals surface area contributed by atoms with Crippen molar-refractivity contribution in [3.8, 4) is 0 Å². The van der Waals surface area contributed by atoms with Gasteiger partial charge in [-0.15, -0.1) is 0 Å². The second kappa shape index (κ2) is 7.30. The highest BCUT2D eigenvalue weighted by Crippen LogP contribution is 2.27. The minimum absolute atomic E-state index is 0.137. The number of benzene rings is 1. The molecular formula is C16H18F3N3O. The van der Waals surface area contributed by atoms with E-state index in [2.05, 4.69) is 10.4 Å². The molecule has 2 aromatic rings. The second-order valence-electron chi connectivity index (χ2n) is 5.12. The number of nitrogens with one attached hydrogen (secondary N) is 1. The Bertz CT molecular complexity index is 638. The zero-order chi connectivity index (χ0) is 16.9. The van der Waals surface area contributed by atoms with Crippen molar-refractivity contribution in [1.82, 2.24) is 15.1 Å². The van der Waals surface area contributed by atoms with Crippen LogP contribution >= 0.6 is 0 Å². The molecule has 0 radical (unpaired) electrons. The summed E-state index contributed by atoms with van der Waals surface area (Å²) in [5, 5.41) is 6.19. The van der Waals surface area contributed by atoms with Crippen LogP contribution in [-0.4, -0.2) is 22.2 Å². The Morgan fingerprint density at radius 3 is 2.52 bits per heavy atom. The number of amides is 1. The largest absolute Gasteiger partial charge is 0.435 e. The van der Waals surface area contributed by atoms with Crippen LogP contribution in [0, 0.1) is 0 Å². The van der Waals surface area contributed by atoms with E-state index in [1.54, 1.807) is 0 Å². The summed E-state index contributed by atoms with van der Waals surface area (Å²) < 4.78 is 38.5. The standard InChI is InChI=1S/C16H18F3N3O/c1-2-13(12-6-4-3-5-7-12)15(23)20-9-11-22-10-8-14(21-22)16(17,18)19/h3-8,10,13H,2,9,11H2,1H3,(H,20,23)/t13-/m1/s1. The number of alkyl halides is 3. The molecule has 0 aliphatic carbocycles. The average Bonchev–Trinajstić information content (AvgIpc) is 2.98. The molecule has 0 aliphatic rings. The monoisotopic (exact) mass is 325 g/mol. The molecule has 1 N–H and O–H groups in total. The minimum Gasteiger partial charge on any atom is -0.354 e. The molecule has 2 rings (SSSR count). The number of carbonyl (C=O) groups excluding carboxylic acids is 1. The summed E-state index contributed by atoms with van der Waals surface area (Å²) in [6.07, 6.45) is -2.55. The van der Waals surface area contributed by atoms with Crippen LogP contribution in [0.15, 0.2) is 42.6 Å². The van der Waals surface area contributed by atoms with Crippen molar-refractivity contribution in [3.63, 3.8) is 0 Å². The normalized spacial score (nSPS) is 12.9. The maximum absolute atomic E-state index is 12.4. The number of rotatable bonds is 6. The lowest BCUT2D eigenvalue weighted by atomic mass is 9.96. The van der Waals surface area contributed by atoms with Crippen molar-refractivity contribution in [3.05, 3.63) is 53.9 Å². The third-order valence-electron chi connectivity index (χ3n) is 3.50. The summed E-state index contributed by atoms with van der Waals surface area (Å²) in [5.41, 5.74) is -0.00880. The highest BCUT2D eigenvalue weighted by molar-refractivity contribution is 5.83. The van der Waals surface area contributed by atoms with E-state index in [1.807, 2.05) is 37.3 Å². The first kappa shape index (κ1) is 17.1. The number of carbonyl (C=O) groups is 1. The first-order valence-electron chi connectivity index (χ1n) is 7.35. The predicted molar refractivity (Wildman–Crippen MR) is 79.7 cm³/mol. The third kappa shape index (κ3) is 4.58. The molecule has 23 heavy (non-hydrogen) atoms. The van der Waals surface area contributed by atoms with Crippen molar-refractivity contribution in [1.29, 1.82) is 0 Å². The molecule has 1 aromatic heterocycles. The van der Waals surface area contributed by atoms with Crippen LogP contribution in [0.5, 0.6) is 0 Å². The maximum atomic E-state index is 12.4. The summed E-state index contributed by atoms with van der Waals surface area (Å²) in [4.78, 5) is 12.2. The fourth-order valence-electron chi connectivity index (χ4n) is 2.31. The lowest BCUT2D eigenvalue weighted by Gasteiger charge is -2.15. The summed E-state index contributed by atoms with van der Waals surface area (Å²) in [6, 6.07) is 10.3. The van der Waals surface area contributed by atoms with Crippen LogP contribution in [0.2, 0.25) is 0 Å². The van der Waals surface area contributed by atoms with Gasteiger partial charge in [-0.1, -0.05) is 37.3 Å². The average molecular weight is 325 g/mol. The van der Waals surface area contributed by atoms with E-state index in [0.717, 1.165) is 11.6 Å². The Hall–Kier alpha value is -2.31. The number of halogens is 3. The summed E-state index contributed by atoms with van der Waals surface area (Å²) in [5.74, 6) is -0.401. The molecule has 124 valence electrons. The highest BCUT2D eigenvalue weighted by Gasteiger charge is 2.33. The van der Waals surface area contributed by atoms with Crippen LogP contribution in [0.3, 0.4) is 0 Å². The number of nitrogens with zero attached hydrogens (tertiary/aromatic N) is 2. The van der Waals surface area contributed by atoms with Gasteiger partial charge in [0.2, 0.25) is 5.91 Å². The molecule has 0 unspecified atom stereocenters. The maximum Gasteiger partial charge on any atom is 0.435 e. The van der Waals surface area contributed by atoms with Gasteiger partial charge < -0.3 is 5.32 Å². The van der Waals surface area contributed by atoms with Gasteiger partial charge in [-0.25, -0.2) is 0 Å². The summed E-state index contributed by atoms with van der Waals surface area (Å²) in [6.45, 7) is 2.33. The number of hydrogen-bond donors (Lipinski definition) is 1. The molecule has 1 heterocycles. The quantitative estimate of drug-likeness (QED) is 0.886. The van der Waals surface area contributed by atoms with Gasteiger partial charge in [-0.05, 0) is 18.1 Å². The zero-order valence-corrected chi connectivity index (χ0v) is 12.7. The number of hydrogen-bond acceptors (Lipinski definition) is 2. The Labute approximate surface area is 132 Å². The molecule has 7 heteroatoms. The molecule has 1 aromatic carbocycles. The van der Waals surface area contributed by atoms with Crippen LogP contribution in [-0.2, 0) is 17.5 Å². The predicted octanol–water partition coefficient (Wildman–Crippen LogP) is 3.21. The molecule has 0 bridgehead atoms. The second-order valence-corrected chi connectivity index (χ2v) is 5.12. The van der Waals surface area contributed by atoms with Gasteiger partial charge in [0, 0.05) is 12.7 Å². The van der Waals surface area contributed by atoms with Gasteiger partial charge in [0.15, 0.2) is 5.69 Å². The molecule has 0 fully saturated rings. The smallest absolute Gasteiger partial charge is 0.354 e. The van der Waals surface area contributed by atoms with Gasteiger partial charge in [0.1, 0.15) is 0 Å². The molecule has 0 saturated heterocycles. The topological polar surface area (TPSA) is 46.9 Å². The molecule has 4 nitrogen and oxygen atoms in total. The summed E-state index contributed by atoms with van der Waals surface area (Å²) in [7, 11) is 0. The first-order valence-corrected chi connectivity index (χ1v) is 7.35. The van der Waals surface area contributed by atoms with Gasteiger partial charge in [0.25, 0.3) is 0 Å². The van der Waals surface area contributed by atoms with Crippen molar-refractivity contribution in [2.75, 3.05) is 6.54 Å². The minimum atomic E-state index is -4.45. The van der Waals surface area contributed by atoms with E-state index in [4.69, 9.17) is 0 Å². The van der Waals surface area contributed by atoms with Crippen LogP contribution < -0.4 is 5.32 Å². The molecular weight excluding hydrogens is 307 g/mol. The Kier molecular flexibility index (Phi) is 5.41. The van der Waals surface area contributed by atoms with Gasteiger partial charge in [-0.3, -0.25) is 9.48 Å². The van der Waals surface area contributed by atoms with E-state index in [1.165, 1.54) is 10.9 Å². The van der Waals surface area contributed by atoms with E-state index in [-0.39, 0.29) is 24.9 Å². The lowest BCUT2D eigenvalue weighted by molar-refractivity contribution is -0.141. The van der Waals surface area contributed by atoms with Crippen molar-refractivity contribution in [2.45, 2.75) is 32.0 Å². The van der Waals surface area contributed by atoms with Crippen molar-refractivity contribution in [2.24, 2.45) is 0 Å². The number of aromatic nitrogens is 2. The van der Waals surface area contributed by atoms with Crippen LogP contribution in [0.4, 0.5) is 13.2 Å². The molecule has 0 aliphatic heterocycles. The third-order valence-corrected chi connectivity index (χ3v) is 3.50. The van der Waals surface area contributed by atoms with Crippen LogP contribution in [0.25, 0.3) is 0 Å². The Morgan fingerprint density at radius 1 is 1.26 bits per heavy atom. The van der Waals surface area contributed by atoms with Crippen LogP contribution in [0.1, 0.15) is 30.5 Å². The zero-order valence-electron chi connectivity index (χ0n) is 12.7. The van der Waals surface area contributed by atoms with Crippen molar-refractivity contribution >= 4 is 5.91 Å². The fourth-order valence-corrected chi connectivity index (χ4v) is 2.31. The molecule has 0 saturated carbocycles. The van der Waals surface area contributed by atoms with Crippen molar-refractivity contribution < 1.29 is 18.0 Å². The lowest BCUT2D eigenvalue weighted by Crippen LogP contribution is -2.32. The highest BCUT2D eigenvalue weighted by atomic mass is 19.4.